The number of ether oxygens (including phenoxy) is 1. The van der Waals surface area contributed by atoms with E-state index in [0.29, 0.717) is 6.41 Å². The average Bonchev–Trinajstić information content (AvgIpc) is 2.93. The van der Waals surface area contributed by atoms with E-state index in [1.165, 1.54) is 6.92 Å². The topological polar surface area (TPSA) is 140 Å². The SMILES string of the molecule is CCC(C)(ON=C(C(=O)O)c1nsc(NC=O)n1)C(=O)OC(C)(C)C. The van der Waals surface area contributed by atoms with E-state index in [1.54, 1.807) is 27.7 Å². The zero-order chi connectivity index (χ0) is 19.3. The summed E-state index contributed by atoms with van der Waals surface area (Å²) in [4.78, 5) is 43.0. The third-order valence-corrected chi connectivity index (χ3v) is 3.51. The van der Waals surface area contributed by atoms with E-state index in [1.807, 2.05) is 0 Å². The molecule has 138 valence electrons. The van der Waals surface area contributed by atoms with Crippen molar-refractivity contribution in [3.63, 3.8) is 0 Å². The molecule has 1 aromatic heterocycles. The van der Waals surface area contributed by atoms with Crippen molar-refractivity contribution >= 4 is 40.7 Å². The highest BCUT2D eigenvalue weighted by molar-refractivity contribution is 7.10. The summed E-state index contributed by atoms with van der Waals surface area (Å²) >= 11 is 0.778. The van der Waals surface area contributed by atoms with Gasteiger partial charge in [-0.1, -0.05) is 12.1 Å². The molecule has 1 aromatic rings. The summed E-state index contributed by atoms with van der Waals surface area (Å²) in [7, 11) is 0. The third kappa shape index (κ3) is 5.78. The lowest BCUT2D eigenvalue weighted by Gasteiger charge is -2.28. The largest absolute Gasteiger partial charge is 0.476 e. The highest BCUT2D eigenvalue weighted by Crippen LogP contribution is 2.22. The predicted octanol–water partition coefficient (Wildman–Crippen LogP) is 1.42. The monoisotopic (exact) mass is 372 g/mol. The van der Waals surface area contributed by atoms with Crippen molar-refractivity contribution in [1.82, 2.24) is 9.36 Å². The van der Waals surface area contributed by atoms with Crippen LogP contribution < -0.4 is 5.32 Å². The number of carbonyl (C=O) groups excluding carboxylic acids is 2. The summed E-state index contributed by atoms with van der Waals surface area (Å²) in [6.07, 6.45) is 0.579. The minimum absolute atomic E-state index is 0.101. The Kier molecular flexibility index (Phi) is 6.56. The van der Waals surface area contributed by atoms with Crippen molar-refractivity contribution in [2.45, 2.75) is 52.2 Å². The van der Waals surface area contributed by atoms with Crippen molar-refractivity contribution in [1.29, 1.82) is 0 Å². The number of carbonyl (C=O) groups is 3. The Bertz CT molecular complexity index is 681. The van der Waals surface area contributed by atoms with Gasteiger partial charge in [0.05, 0.1) is 0 Å². The van der Waals surface area contributed by atoms with Crippen molar-refractivity contribution in [2.75, 3.05) is 5.32 Å². The van der Waals surface area contributed by atoms with E-state index in [-0.39, 0.29) is 17.4 Å². The fourth-order valence-electron chi connectivity index (χ4n) is 1.38. The Morgan fingerprint density at radius 3 is 2.48 bits per heavy atom. The molecule has 25 heavy (non-hydrogen) atoms. The maximum absolute atomic E-state index is 12.3. The molecule has 0 saturated carbocycles. The van der Waals surface area contributed by atoms with Crippen LogP contribution in [0.25, 0.3) is 0 Å². The predicted molar refractivity (Wildman–Crippen MR) is 89.4 cm³/mol. The van der Waals surface area contributed by atoms with Crippen LogP contribution in [0.5, 0.6) is 0 Å². The van der Waals surface area contributed by atoms with Gasteiger partial charge in [-0.05, 0) is 34.1 Å². The maximum atomic E-state index is 12.3. The highest BCUT2D eigenvalue weighted by Gasteiger charge is 2.39. The van der Waals surface area contributed by atoms with Crippen LogP contribution in [0, 0.1) is 0 Å². The number of hydrogen-bond acceptors (Lipinski definition) is 9. The molecule has 2 N–H and O–H groups in total. The first-order chi connectivity index (χ1) is 11.5. The van der Waals surface area contributed by atoms with Gasteiger partial charge in [0, 0.05) is 11.5 Å². The molecule has 0 saturated heterocycles. The number of oxime groups is 1. The second-order valence-electron chi connectivity index (χ2n) is 6.11. The number of rotatable bonds is 8. The van der Waals surface area contributed by atoms with Crippen LogP contribution in [-0.4, -0.2) is 49.7 Å². The number of carboxylic acids is 1. The van der Waals surface area contributed by atoms with Crippen molar-refractivity contribution in [3.05, 3.63) is 5.82 Å². The molecule has 0 spiro atoms. The fraction of sp³-hybridized carbons (Fsp3) is 0.571. The summed E-state index contributed by atoms with van der Waals surface area (Å²) in [5.41, 5.74) is -2.81. The Morgan fingerprint density at radius 2 is 2.00 bits per heavy atom. The molecule has 0 radical (unpaired) electrons. The zero-order valence-electron chi connectivity index (χ0n) is 14.5. The quantitative estimate of drug-likeness (QED) is 0.302. The van der Waals surface area contributed by atoms with Gasteiger partial charge < -0.3 is 20.0 Å². The average molecular weight is 372 g/mol. The number of nitrogens with zero attached hydrogens (tertiary/aromatic N) is 3. The van der Waals surface area contributed by atoms with Crippen LogP contribution in [0.15, 0.2) is 5.16 Å². The van der Waals surface area contributed by atoms with E-state index in [9.17, 15) is 19.5 Å². The van der Waals surface area contributed by atoms with E-state index in [4.69, 9.17) is 9.57 Å². The van der Waals surface area contributed by atoms with Gasteiger partial charge in [0.1, 0.15) is 5.60 Å². The van der Waals surface area contributed by atoms with E-state index in [2.05, 4.69) is 19.8 Å². The number of aliphatic carboxylic acids is 1. The van der Waals surface area contributed by atoms with Gasteiger partial charge in [-0.15, -0.1) is 0 Å². The summed E-state index contributed by atoms with van der Waals surface area (Å²) in [5.74, 6) is -2.37. The standard InChI is InChI=1S/C14H20N4O6S/c1-6-14(5,11(22)23-13(2,3)4)24-17-8(10(20)21)9-16-12(15-7-19)25-18-9/h7H,6H2,1-5H3,(H,20,21)(H,15,16,18,19). The normalized spacial score (nSPS) is 14.4. The lowest BCUT2D eigenvalue weighted by atomic mass is 10.0. The molecule has 1 atom stereocenters. The summed E-state index contributed by atoms with van der Waals surface area (Å²) < 4.78 is 9.06. The van der Waals surface area contributed by atoms with Crippen LogP contribution in [0.1, 0.15) is 46.9 Å². The van der Waals surface area contributed by atoms with E-state index < -0.39 is 28.9 Å². The number of nitrogens with one attached hydrogen (secondary N) is 1. The molecule has 0 aromatic carbocycles. The Morgan fingerprint density at radius 1 is 1.36 bits per heavy atom. The first kappa shape index (κ1) is 20.5. The van der Waals surface area contributed by atoms with E-state index in [0.717, 1.165) is 11.5 Å². The number of aromatic nitrogens is 2. The summed E-state index contributed by atoms with van der Waals surface area (Å²) in [6.45, 7) is 8.22. The number of anilines is 1. The Hall–Kier alpha value is -2.56. The van der Waals surface area contributed by atoms with Gasteiger partial charge in [0.25, 0.3) is 0 Å². The molecule has 10 nitrogen and oxygen atoms in total. The first-order valence-corrected chi connectivity index (χ1v) is 8.07. The summed E-state index contributed by atoms with van der Waals surface area (Å²) in [5, 5.41) is 15.2. The molecule has 1 rings (SSSR count). The molecule has 0 aliphatic rings. The fourth-order valence-corrected chi connectivity index (χ4v) is 1.91. The molecule has 1 amide bonds. The van der Waals surface area contributed by atoms with Gasteiger partial charge in [0.2, 0.25) is 28.7 Å². The van der Waals surface area contributed by atoms with Gasteiger partial charge in [0.15, 0.2) is 0 Å². The smallest absolute Gasteiger partial charge is 0.362 e. The van der Waals surface area contributed by atoms with Crippen LogP contribution in [0.2, 0.25) is 0 Å². The van der Waals surface area contributed by atoms with Gasteiger partial charge in [-0.25, -0.2) is 9.59 Å². The molecule has 0 aliphatic carbocycles. The minimum atomic E-state index is -1.48. The molecular weight excluding hydrogens is 352 g/mol. The van der Waals surface area contributed by atoms with E-state index >= 15 is 0 Å². The van der Waals surface area contributed by atoms with Crippen LogP contribution >= 0.6 is 11.5 Å². The van der Waals surface area contributed by atoms with Gasteiger partial charge in [-0.3, -0.25) is 4.79 Å². The van der Waals surface area contributed by atoms with Crippen molar-refractivity contribution in [2.24, 2.45) is 5.16 Å². The summed E-state index contributed by atoms with van der Waals surface area (Å²) in [6, 6.07) is 0. The number of hydrogen-bond donors (Lipinski definition) is 2. The molecule has 1 unspecified atom stereocenters. The first-order valence-electron chi connectivity index (χ1n) is 7.29. The van der Waals surface area contributed by atoms with Gasteiger partial charge >= 0.3 is 11.9 Å². The molecule has 11 heteroatoms. The minimum Gasteiger partial charge on any atom is -0.476 e. The van der Waals surface area contributed by atoms with Crippen molar-refractivity contribution in [3.8, 4) is 0 Å². The lowest BCUT2D eigenvalue weighted by Crippen LogP contribution is -2.42. The molecule has 0 fully saturated rings. The molecule has 1 heterocycles. The van der Waals surface area contributed by atoms with Crippen LogP contribution in [-0.2, 0) is 24.0 Å². The maximum Gasteiger partial charge on any atom is 0.362 e. The second kappa shape index (κ2) is 8.01. The van der Waals surface area contributed by atoms with Crippen LogP contribution in [0.4, 0.5) is 5.13 Å². The van der Waals surface area contributed by atoms with Gasteiger partial charge in [-0.2, -0.15) is 9.36 Å². The number of esters is 1. The Labute approximate surface area is 148 Å². The number of amides is 1. The Balaban J connectivity index is 3.06. The molecule has 0 aliphatic heterocycles. The molecular formula is C14H20N4O6S. The number of carboxylic acid groups (broad SMARTS) is 1. The molecule has 0 bridgehead atoms. The highest BCUT2D eigenvalue weighted by atomic mass is 32.1. The van der Waals surface area contributed by atoms with Crippen LogP contribution in [0.3, 0.4) is 0 Å². The van der Waals surface area contributed by atoms with Crippen molar-refractivity contribution < 1.29 is 29.1 Å². The third-order valence-electron chi connectivity index (χ3n) is 2.87. The lowest BCUT2D eigenvalue weighted by molar-refractivity contribution is -0.182. The zero-order valence-corrected chi connectivity index (χ0v) is 15.3. The second-order valence-corrected chi connectivity index (χ2v) is 6.86.